The molecule has 2 N–H and O–H groups in total. The number of rotatable bonds is 1. The van der Waals surface area contributed by atoms with Gasteiger partial charge in [0, 0.05) is 32.2 Å². The van der Waals surface area contributed by atoms with Crippen LogP contribution in [0.2, 0.25) is 0 Å². The SMILES string of the molecule is CC1CN(C)CCN1C(=O)C1CNc2ccccc2N1. The zero-order valence-corrected chi connectivity index (χ0v) is 12.1. The molecule has 5 heteroatoms. The Labute approximate surface area is 119 Å². The van der Waals surface area contributed by atoms with Gasteiger partial charge >= 0.3 is 0 Å². The van der Waals surface area contributed by atoms with E-state index in [9.17, 15) is 4.79 Å². The van der Waals surface area contributed by atoms with E-state index in [1.54, 1.807) is 0 Å². The third kappa shape index (κ3) is 2.45. The van der Waals surface area contributed by atoms with Gasteiger partial charge in [0.2, 0.25) is 5.91 Å². The van der Waals surface area contributed by atoms with Crippen molar-refractivity contribution in [2.45, 2.75) is 19.0 Å². The van der Waals surface area contributed by atoms with Gasteiger partial charge in [0.1, 0.15) is 6.04 Å². The van der Waals surface area contributed by atoms with Crippen molar-refractivity contribution in [3.63, 3.8) is 0 Å². The monoisotopic (exact) mass is 274 g/mol. The molecule has 0 aromatic heterocycles. The van der Waals surface area contributed by atoms with Crippen molar-refractivity contribution in [2.24, 2.45) is 0 Å². The molecule has 1 fully saturated rings. The molecule has 2 aliphatic rings. The second-order valence-electron chi connectivity index (χ2n) is 5.77. The molecule has 108 valence electrons. The Hall–Kier alpha value is -1.75. The summed E-state index contributed by atoms with van der Waals surface area (Å²) < 4.78 is 0. The fourth-order valence-electron chi connectivity index (χ4n) is 3.03. The molecule has 2 aliphatic heterocycles. The predicted octanol–water partition coefficient (Wildman–Crippen LogP) is 1.06. The van der Waals surface area contributed by atoms with Crippen LogP contribution in [0.4, 0.5) is 11.4 Å². The first-order valence-electron chi connectivity index (χ1n) is 7.23. The Morgan fingerprint density at radius 3 is 2.75 bits per heavy atom. The molecule has 0 saturated carbocycles. The van der Waals surface area contributed by atoms with Gasteiger partial charge in [-0.2, -0.15) is 0 Å². The van der Waals surface area contributed by atoms with E-state index in [4.69, 9.17) is 0 Å². The first kappa shape index (κ1) is 13.2. The number of hydrogen-bond acceptors (Lipinski definition) is 4. The van der Waals surface area contributed by atoms with Crippen molar-refractivity contribution in [1.29, 1.82) is 0 Å². The number of para-hydroxylation sites is 2. The van der Waals surface area contributed by atoms with Crippen LogP contribution >= 0.6 is 0 Å². The van der Waals surface area contributed by atoms with Gasteiger partial charge in [-0.25, -0.2) is 0 Å². The van der Waals surface area contributed by atoms with Crippen LogP contribution in [-0.2, 0) is 4.79 Å². The van der Waals surface area contributed by atoms with Crippen molar-refractivity contribution >= 4 is 17.3 Å². The fraction of sp³-hybridized carbons (Fsp3) is 0.533. The molecule has 1 saturated heterocycles. The second-order valence-corrected chi connectivity index (χ2v) is 5.77. The summed E-state index contributed by atoms with van der Waals surface area (Å²) in [5, 5.41) is 6.69. The van der Waals surface area contributed by atoms with E-state index in [-0.39, 0.29) is 18.0 Å². The smallest absolute Gasteiger partial charge is 0.247 e. The number of hydrogen-bond donors (Lipinski definition) is 2. The molecule has 1 aromatic carbocycles. The van der Waals surface area contributed by atoms with E-state index in [0.29, 0.717) is 6.54 Å². The van der Waals surface area contributed by atoms with E-state index >= 15 is 0 Å². The maximum atomic E-state index is 12.7. The highest BCUT2D eigenvalue weighted by Crippen LogP contribution is 2.26. The molecule has 3 rings (SSSR count). The van der Waals surface area contributed by atoms with Crippen LogP contribution in [0, 0.1) is 0 Å². The maximum Gasteiger partial charge on any atom is 0.247 e. The van der Waals surface area contributed by atoms with Gasteiger partial charge < -0.3 is 20.4 Å². The molecule has 2 unspecified atom stereocenters. The molecular weight excluding hydrogens is 252 g/mol. The van der Waals surface area contributed by atoms with Crippen LogP contribution in [0.25, 0.3) is 0 Å². The van der Waals surface area contributed by atoms with Crippen LogP contribution < -0.4 is 10.6 Å². The van der Waals surface area contributed by atoms with Gasteiger partial charge in [-0.1, -0.05) is 12.1 Å². The summed E-state index contributed by atoms with van der Waals surface area (Å²) in [6, 6.07) is 8.13. The molecule has 1 amide bonds. The molecule has 2 heterocycles. The summed E-state index contributed by atoms with van der Waals surface area (Å²) in [7, 11) is 2.11. The summed E-state index contributed by atoms with van der Waals surface area (Å²) in [6.07, 6.45) is 0. The number of likely N-dealkylation sites (N-methyl/N-ethyl adjacent to an activating group) is 1. The Morgan fingerprint density at radius 1 is 1.25 bits per heavy atom. The van der Waals surface area contributed by atoms with Gasteiger partial charge in [-0.15, -0.1) is 0 Å². The minimum atomic E-state index is -0.171. The highest BCUT2D eigenvalue weighted by Gasteiger charge is 2.32. The number of nitrogens with zero attached hydrogens (tertiary/aromatic N) is 2. The Balaban J connectivity index is 1.70. The van der Waals surface area contributed by atoms with E-state index in [0.717, 1.165) is 31.0 Å². The standard InChI is InChI=1S/C15H22N4O/c1-11-10-18(2)7-8-19(11)15(20)14-9-16-12-5-3-4-6-13(12)17-14/h3-6,11,14,16-17H,7-10H2,1-2H3. The quantitative estimate of drug-likeness (QED) is 0.804. The van der Waals surface area contributed by atoms with Gasteiger partial charge in [0.15, 0.2) is 0 Å². The number of benzene rings is 1. The molecule has 2 atom stereocenters. The van der Waals surface area contributed by atoms with Crippen molar-refractivity contribution in [3.8, 4) is 0 Å². The first-order chi connectivity index (χ1) is 9.65. The molecule has 20 heavy (non-hydrogen) atoms. The summed E-state index contributed by atoms with van der Waals surface area (Å²) in [5.74, 6) is 0.201. The first-order valence-corrected chi connectivity index (χ1v) is 7.23. The molecule has 0 spiro atoms. The largest absolute Gasteiger partial charge is 0.381 e. The number of amides is 1. The highest BCUT2D eigenvalue weighted by atomic mass is 16.2. The van der Waals surface area contributed by atoms with Crippen molar-refractivity contribution in [1.82, 2.24) is 9.80 Å². The topological polar surface area (TPSA) is 47.6 Å². The van der Waals surface area contributed by atoms with Crippen LogP contribution in [-0.4, -0.2) is 61.0 Å². The van der Waals surface area contributed by atoms with Gasteiger partial charge in [0.05, 0.1) is 11.4 Å². The Morgan fingerprint density at radius 2 is 2.00 bits per heavy atom. The lowest BCUT2D eigenvalue weighted by atomic mass is 10.1. The molecule has 0 bridgehead atoms. The minimum Gasteiger partial charge on any atom is -0.381 e. The summed E-state index contributed by atoms with van der Waals surface area (Å²) in [4.78, 5) is 17.0. The maximum absolute atomic E-state index is 12.7. The molecule has 0 aliphatic carbocycles. The number of fused-ring (bicyclic) bond motifs is 1. The number of nitrogens with one attached hydrogen (secondary N) is 2. The van der Waals surface area contributed by atoms with Crippen LogP contribution in [0.3, 0.4) is 0 Å². The fourth-order valence-corrected chi connectivity index (χ4v) is 3.03. The van der Waals surface area contributed by atoms with Gasteiger partial charge in [-0.05, 0) is 26.1 Å². The van der Waals surface area contributed by atoms with E-state index in [1.165, 1.54) is 0 Å². The lowest BCUT2D eigenvalue weighted by molar-refractivity contribution is -0.136. The predicted molar refractivity (Wildman–Crippen MR) is 81.0 cm³/mol. The number of carbonyl (C=O) groups is 1. The van der Waals surface area contributed by atoms with Crippen LogP contribution in [0.1, 0.15) is 6.92 Å². The number of piperazine rings is 1. The average molecular weight is 274 g/mol. The Bertz CT molecular complexity index is 504. The van der Waals surface area contributed by atoms with Crippen molar-refractivity contribution in [2.75, 3.05) is 43.9 Å². The zero-order valence-electron chi connectivity index (χ0n) is 12.1. The molecule has 0 radical (unpaired) electrons. The summed E-state index contributed by atoms with van der Waals surface area (Å²) >= 11 is 0. The van der Waals surface area contributed by atoms with E-state index in [1.807, 2.05) is 29.2 Å². The zero-order chi connectivity index (χ0) is 14.1. The number of carbonyl (C=O) groups excluding carboxylic acids is 1. The Kier molecular flexibility index (Phi) is 3.53. The van der Waals surface area contributed by atoms with E-state index < -0.39 is 0 Å². The van der Waals surface area contributed by atoms with Crippen LogP contribution in [0.15, 0.2) is 24.3 Å². The van der Waals surface area contributed by atoms with Crippen molar-refractivity contribution < 1.29 is 4.79 Å². The van der Waals surface area contributed by atoms with Crippen LogP contribution in [0.5, 0.6) is 0 Å². The number of anilines is 2. The second kappa shape index (κ2) is 5.32. The molecule has 5 nitrogen and oxygen atoms in total. The van der Waals surface area contributed by atoms with E-state index in [2.05, 4.69) is 29.5 Å². The van der Waals surface area contributed by atoms with Gasteiger partial charge in [0.25, 0.3) is 0 Å². The summed E-state index contributed by atoms with van der Waals surface area (Å²) in [5.41, 5.74) is 2.09. The minimum absolute atomic E-state index is 0.171. The molecule has 1 aromatic rings. The lowest BCUT2D eigenvalue weighted by Gasteiger charge is -2.41. The average Bonchev–Trinajstić information content (AvgIpc) is 2.46. The third-order valence-electron chi connectivity index (χ3n) is 4.17. The van der Waals surface area contributed by atoms with Gasteiger partial charge in [-0.3, -0.25) is 4.79 Å². The normalized spacial score (nSPS) is 26.4. The molecular formula is C15H22N4O. The lowest BCUT2D eigenvalue weighted by Crippen LogP contribution is -2.57. The third-order valence-corrected chi connectivity index (χ3v) is 4.17. The summed E-state index contributed by atoms with van der Waals surface area (Å²) in [6.45, 7) is 5.48. The van der Waals surface area contributed by atoms with Crippen molar-refractivity contribution in [3.05, 3.63) is 24.3 Å². The highest BCUT2D eigenvalue weighted by molar-refractivity contribution is 5.89.